The summed E-state index contributed by atoms with van der Waals surface area (Å²) in [5, 5.41) is 7.48. The van der Waals surface area contributed by atoms with E-state index in [0.717, 1.165) is 47.8 Å². The average Bonchev–Trinajstić information content (AvgIpc) is 3.62. The SMILES string of the molecule is O=C(NCc1cc2cnccc2[nH]1)[C@@H]1CC2(CCCC2)c2c(Cl)nc(NCc3ccccc3)c(=O)n21. The Morgan fingerprint density at radius 3 is 2.75 bits per heavy atom. The zero-order valence-corrected chi connectivity index (χ0v) is 20.5. The Morgan fingerprint density at radius 1 is 1.17 bits per heavy atom. The molecule has 0 radical (unpaired) electrons. The summed E-state index contributed by atoms with van der Waals surface area (Å²) in [4.78, 5) is 39.1. The first-order valence-electron chi connectivity index (χ1n) is 12.3. The zero-order valence-electron chi connectivity index (χ0n) is 19.8. The molecule has 1 atom stereocenters. The molecule has 2 aliphatic rings. The van der Waals surface area contributed by atoms with E-state index in [0.29, 0.717) is 30.4 Å². The standard InChI is InChI=1S/C27H27ClN6O2/c28-23-22-27(9-4-5-10-27)13-21(25(35)31-16-19-12-18-15-29-11-8-20(18)32-19)34(22)26(36)24(33-23)30-14-17-6-2-1-3-7-17/h1-3,6-8,11-12,15,21,32H,4-5,9-10,13-14,16H2,(H,30,33)(H,31,35)/t21-/m0/s1. The summed E-state index contributed by atoms with van der Waals surface area (Å²) in [6.07, 6.45) is 7.99. The number of hydrogen-bond donors (Lipinski definition) is 3. The summed E-state index contributed by atoms with van der Waals surface area (Å²) in [5.41, 5.74) is 3.00. The molecule has 184 valence electrons. The van der Waals surface area contributed by atoms with Crippen LogP contribution >= 0.6 is 11.6 Å². The molecule has 1 aromatic carbocycles. The summed E-state index contributed by atoms with van der Waals surface area (Å²) in [7, 11) is 0. The molecule has 0 saturated heterocycles. The van der Waals surface area contributed by atoms with Crippen LogP contribution in [0.25, 0.3) is 10.9 Å². The Morgan fingerprint density at radius 2 is 1.97 bits per heavy atom. The Bertz CT molecular complexity index is 1460. The highest BCUT2D eigenvalue weighted by atomic mass is 35.5. The molecular weight excluding hydrogens is 476 g/mol. The zero-order chi connectivity index (χ0) is 24.7. The van der Waals surface area contributed by atoms with E-state index in [9.17, 15) is 9.59 Å². The van der Waals surface area contributed by atoms with Crippen molar-refractivity contribution in [1.82, 2.24) is 24.8 Å². The minimum Gasteiger partial charge on any atom is -0.361 e. The third kappa shape index (κ3) is 3.95. The molecule has 4 heterocycles. The number of hydrogen-bond acceptors (Lipinski definition) is 5. The smallest absolute Gasteiger partial charge is 0.294 e. The van der Waals surface area contributed by atoms with E-state index in [4.69, 9.17) is 11.6 Å². The molecule has 8 nitrogen and oxygen atoms in total. The number of rotatable bonds is 6. The van der Waals surface area contributed by atoms with Crippen molar-refractivity contribution in [2.45, 2.75) is 56.7 Å². The number of aromatic amines is 1. The molecule has 1 fully saturated rings. The maximum absolute atomic E-state index is 13.7. The van der Waals surface area contributed by atoms with Crippen LogP contribution in [0, 0.1) is 0 Å². The Hall–Kier alpha value is -3.65. The van der Waals surface area contributed by atoms with Crippen molar-refractivity contribution in [2.24, 2.45) is 0 Å². The first-order chi connectivity index (χ1) is 17.5. The van der Waals surface area contributed by atoms with Gasteiger partial charge in [-0.1, -0.05) is 54.8 Å². The van der Waals surface area contributed by atoms with Gasteiger partial charge in [-0.05, 0) is 37.0 Å². The molecule has 4 aromatic rings. The van der Waals surface area contributed by atoms with E-state index in [1.54, 1.807) is 17.0 Å². The van der Waals surface area contributed by atoms with Gasteiger partial charge in [0.05, 0.1) is 12.2 Å². The maximum atomic E-state index is 13.7. The second-order valence-electron chi connectivity index (χ2n) is 9.80. The van der Waals surface area contributed by atoms with Crippen molar-refractivity contribution >= 4 is 34.2 Å². The number of fused-ring (bicyclic) bond motifs is 3. The molecule has 36 heavy (non-hydrogen) atoms. The van der Waals surface area contributed by atoms with Gasteiger partial charge in [0.25, 0.3) is 5.56 Å². The molecule has 0 bridgehead atoms. The maximum Gasteiger partial charge on any atom is 0.294 e. The molecule has 3 N–H and O–H groups in total. The lowest BCUT2D eigenvalue weighted by Gasteiger charge is -2.23. The minimum absolute atomic E-state index is 0.170. The lowest BCUT2D eigenvalue weighted by Crippen LogP contribution is -2.36. The highest BCUT2D eigenvalue weighted by molar-refractivity contribution is 6.30. The number of nitrogens with one attached hydrogen (secondary N) is 3. The van der Waals surface area contributed by atoms with Crippen LogP contribution in [0.3, 0.4) is 0 Å². The van der Waals surface area contributed by atoms with Gasteiger partial charge in [0.15, 0.2) is 11.0 Å². The summed E-state index contributed by atoms with van der Waals surface area (Å²) < 4.78 is 1.61. The predicted molar refractivity (Wildman–Crippen MR) is 139 cm³/mol. The van der Waals surface area contributed by atoms with Gasteiger partial charge in [0.1, 0.15) is 6.04 Å². The van der Waals surface area contributed by atoms with Crippen LogP contribution in [0.15, 0.2) is 59.7 Å². The number of nitrogens with zero attached hydrogens (tertiary/aromatic N) is 3. The van der Waals surface area contributed by atoms with E-state index in [1.165, 1.54) is 0 Å². The number of carbonyl (C=O) groups is 1. The Balaban J connectivity index is 1.30. The van der Waals surface area contributed by atoms with Crippen molar-refractivity contribution in [2.75, 3.05) is 5.32 Å². The lowest BCUT2D eigenvalue weighted by molar-refractivity contribution is -0.124. The molecule has 9 heteroatoms. The number of H-pyrrole nitrogens is 1. The normalized spacial score (nSPS) is 18.0. The van der Waals surface area contributed by atoms with Crippen molar-refractivity contribution in [3.8, 4) is 0 Å². The number of anilines is 1. The van der Waals surface area contributed by atoms with E-state index in [-0.39, 0.29) is 22.7 Å². The summed E-state index contributed by atoms with van der Waals surface area (Å²) in [5.74, 6) is -0.0150. The Kier molecular flexibility index (Phi) is 5.76. The molecule has 6 rings (SSSR count). The van der Waals surface area contributed by atoms with Gasteiger partial charge in [0.2, 0.25) is 5.91 Å². The molecule has 1 aliphatic heterocycles. The fourth-order valence-electron chi connectivity index (χ4n) is 5.87. The number of aromatic nitrogens is 4. The van der Waals surface area contributed by atoms with Gasteiger partial charge in [-0.25, -0.2) is 4.98 Å². The van der Waals surface area contributed by atoms with E-state index < -0.39 is 6.04 Å². The van der Waals surface area contributed by atoms with Gasteiger partial charge < -0.3 is 15.6 Å². The van der Waals surface area contributed by atoms with Crippen LogP contribution in [0.2, 0.25) is 5.15 Å². The highest BCUT2D eigenvalue weighted by Gasteiger charge is 2.50. The van der Waals surface area contributed by atoms with Crippen LogP contribution in [-0.4, -0.2) is 25.4 Å². The van der Waals surface area contributed by atoms with E-state index in [2.05, 4.69) is 25.6 Å². The van der Waals surface area contributed by atoms with Gasteiger partial charge in [-0.2, -0.15) is 0 Å². The number of carbonyl (C=O) groups excluding carboxylic acids is 1. The van der Waals surface area contributed by atoms with Gasteiger partial charge in [0, 0.05) is 41.0 Å². The summed E-state index contributed by atoms with van der Waals surface area (Å²) in [6.45, 7) is 0.773. The highest BCUT2D eigenvalue weighted by Crippen LogP contribution is 2.52. The third-order valence-corrected chi connectivity index (χ3v) is 7.83. The van der Waals surface area contributed by atoms with E-state index in [1.807, 2.05) is 42.5 Å². The van der Waals surface area contributed by atoms with Gasteiger partial charge in [-0.15, -0.1) is 0 Å². The van der Waals surface area contributed by atoms with Gasteiger partial charge >= 0.3 is 0 Å². The van der Waals surface area contributed by atoms with Crippen LogP contribution in [0.5, 0.6) is 0 Å². The second-order valence-corrected chi connectivity index (χ2v) is 10.2. The fourth-order valence-corrected chi connectivity index (χ4v) is 6.25. The number of benzene rings is 1. The minimum atomic E-state index is -0.630. The predicted octanol–water partition coefficient (Wildman–Crippen LogP) is 4.46. The number of pyridine rings is 1. The number of amides is 1. The third-order valence-electron chi connectivity index (χ3n) is 7.56. The number of halogens is 1. The first kappa shape index (κ1) is 22.8. The largest absolute Gasteiger partial charge is 0.361 e. The van der Waals surface area contributed by atoms with Crippen molar-refractivity contribution < 1.29 is 4.79 Å². The molecule has 1 spiro atoms. The van der Waals surface area contributed by atoms with Crippen LogP contribution in [-0.2, 0) is 23.3 Å². The summed E-state index contributed by atoms with van der Waals surface area (Å²) in [6, 6.07) is 13.0. The molecular formula is C27H27ClN6O2. The monoisotopic (exact) mass is 502 g/mol. The van der Waals surface area contributed by atoms with Crippen molar-refractivity contribution in [3.63, 3.8) is 0 Å². The molecule has 1 amide bonds. The van der Waals surface area contributed by atoms with Crippen LogP contribution in [0.1, 0.15) is 55.1 Å². The van der Waals surface area contributed by atoms with Crippen molar-refractivity contribution in [3.05, 3.63) is 87.3 Å². The molecule has 1 aliphatic carbocycles. The lowest BCUT2D eigenvalue weighted by atomic mass is 9.80. The van der Waals surface area contributed by atoms with Crippen LogP contribution in [0.4, 0.5) is 5.82 Å². The van der Waals surface area contributed by atoms with Gasteiger partial charge in [-0.3, -0.25) is 19.1 Å². The topological polar surface area (TPSA) is 105 Å². The van der Waals surface area contributed by atoms with Crippen LogP contribution < -0.4 is 16.2 Å². The second kappa shape index (κ2) is 9.09. The van der Waals surface area contributed by atoms with E-state index >= 15 is 0 Å². The first-order valence-corrected chi connectivity index (χ1v) is 12.7. The molecule has 0 unspecified atom stereocenters. The fraction of sp³-hybridized carbons (Fsp3) is 0.333. The summed E-state index contributed by atoms with van der Waals surface area (Å²) >= 11 is 6.73. The Labute approximate surface area is 213 Å². The molecule has 1 saturated carbocycles. The van der Waals surface area contributed by atoms with Crippen molar-refractivity contribution in [1.29, 1.82) is 0 Å². The molecule has 3 aromatic heterocycles. The average molecular weight is 503 g/mol. The quantitative estimate of drug-likeness (QED) is 0.361.